The predicted octanol–water partition coefficient (Wildman–Crippen LogP) is 8.16. The molecule has 0 radical (unpaired) electrons. The quantitative estimate of drug-likeness (QED) is 0.139. The monoisotopic (exact) mass is 475 g/mol. The second-order valence-corrected chi connectivity index (χ2v) is 9.61. The fourth-order valence-electron chi connectivity index (χ4n) is 4.43. The van der Waals surface area contributed by atoms with Crippen LogP contribution >= 0.6 is 0 Å². The summed E-state index contributed by atoms with van der Waals surface area (Å²) in [4.78, 5) is 24.4. The van der Waals surface area contributed by atoms with Gasteiger partial charge in [0, 0.05) is 18.2 Å². The topological polar surface area (TPSA) is 75.6 Å². The minimum absolute atomic E-state index is 0.0930. The lowest BCUT2D eigenvalue weighted by Gasteiger charge is -2.14. The van der Waals surface area contributed by atoms with E-state index in [1.54, 1.807) is 18.2 Å². The number of esters is 1. The average Bonchev–Trinajstić information content (AvgIpc) is 2.82. The van der Waals surface area contributed by atoms with Crippen molar-refractivity contribution >= 4 is 17.6 Å². The molecular weight excluding hydrogens is 426 g/mol. The molecule has 0 heterocycles. The number of carbonyl (C=O) groups excluding carboxylic acids is 2. The van der Waals surface area contributed by atoms with Gasteiger partial charge in [0.05, 0.1) is 13.0 Å². The van der Waals surface area contributed by atoms with Crippen molar-refractivity contribution in [3.8, 4) is 5.75 Å². The number of anilines is 1. The van der Waals surface area contributed by atoms with Gasteiger partial charge in [-0.15, -0.1) is 0 Å². The van der Waals surface area contributed by atoms with E-state index in [1.807, 2.05) is 0 Å². The molecule has 0 saturated carbocycles. The number of carbonyl (C=O) groups is 2. The van der Waals surface area contributed by atoms with Crippen molar-refractivity contribution in [2.45, 2.75) is 122 Å². The Morgan fingerprint density at radius 1 is 0.824 bits per heavy atom. The van der Waals surface area contributed by atoms with Crippen molar-refractivity contribution in [3.05, 3.63) is 24.3 Å². The van der Waals surface area contributed by atoms with Crippen molar-refractivity contribution in [3.63, 3.8) is 0 Å². The highest BCUT2D eigenvalue weighted by molar-refractivity contribution is 5.93. The summed E-state index contributed by atoms with van der Waals surface area (Å²) in [7, 11) is 1.37. The summed E-state index contributed by atoms with van der Waals surface area (Å²) in [5.41, 5.74) is 0.524. The van der Waals surface area contributed by atoms with Crippen molar-refractivity contribution in [1.82, 2.24) is 0 Å². The third-order valence-corrected chi connectivity index (χ3v) is 6.50. The molecule has 1 atom stereocenters. The fourth-order valence-corrected chi connectivity index (χ4v) is 4.43. The van der Waals surface area contributed by atoms with Crippen LogP contribution in [0.3, 0.4) is 0 Å². The zero-order valence-electron chi connectivity index (χ0n) is 21.8. The number of phenolic OH excluding ortho intramolecular Hbond substituents is 1. The fraction of sp³-hybridized carbons (Fsp3) is 0.724. The second kappa shape index (κ2) is 20.3. The Kier molecular flexibility index (Phi) is 17.9. The number of aromatic hydroxyl groups is 1. The Morgan fingerprint density at radius 3 is 1.79 bits per heavy atom. The van der Waals surface area contributed by atoms with Gasteiger partial charge in [-0.3, -0.25) is 9.59 Å². The van der Waals surface area contributed by atoms with Gasteiger partial charge in [-0.1, -0.05) is 116 Å². The van der Waals surface area contributed by atoms with Gasteiger partial charge in [-0.25, -0.2) is 0 Å². The van der Waals surface area contributed by atoms with Crippen LogP contribution < -0.4 is 5.32 Å². The zero-order valence-corrected chi connectivity index (χ0v) is 21.8. The number of unbranched alkanes of at least 4 members (excludes halogenated alkanes) is 15. The molecule has 0 fully saturated rings. The Bertz CT molecular complexity index is 661. The standard InChI is InChI=1S/C29H49NO4/c1-3-4-5-6-7-8-9-10-11-12-13-14-15-16-17-18-20-25(29(33)34-2)23-28(32)30-26-21-19-22-27(31)24-26/h19,21-22,24-25,31H,3-18,20,23H2,1-2H3,(H,30,32). The summed E-state index contributed by atoms with van der Waals surface area (Å²) in [5.74, 6) is -0.894. The molecule has 2 N–H and O–H groups in total. The number of hydrogen-bond acceptors (Lipinski definition) is 4. The van der Waals surface area contributed by atoms with E-state index < -0.39 is 5.92 Å². The smallest absolute Gasteiger partial charge is 0.309 e. The van der Waals surface area contributed by atoms with Gasteiger partial charge in [-0.2, -0.15) is 0 Å². The van der Waals surface area contributed by atoms with Crippen molar-refractivity contribution in [2.24, 2.45) is 5.92 Å². The summed E-state index contributed by atoms with van der Waals surface area (Å²) in [6, 6.07) is 6.41. The van der Waals surface area contributed by atoms with E-state index >= 15 is 0 Å². The Labute approximate surface area is 208 Å². The van der Waals surface area contributed by atoms with Crippen LogP contribution in [0.1, 0.15) is 122 Å². The molecule has 0 aromatic heterocycles. The van der Waals surface area contributed by atoms with Gasteiger partial charge in [0.15, 0.2) is 0 Å². The molecule has 194 valence electrons. The minimum atomic E-state index is -0.422. The highest BCUT2D eigenvalue weighted by atomic mass is 16.5. The minimum Gasteiger partial charge on any atom is -0.508 e. The van der Waals surface area contributed by atoms with E-state index in [-0.39, 0.29) is 24.0 Å². The summed E-state index contributed by atoms with van der Waals surface area (Å²) in [6.45, 7) is 2.27. The number of hydrogen-bond donors (Lipinski definition) is 2. The van der Waals surface area contributed by atoms with Crippen molar-refractivity contribution < 1.29 is 19.4 Å². The Morgan fingerprint density at radius 2 is 1.32 bits per heavy atom. The molecule has 0 spiro atoms. The summed E-state index contributed by atoms with van der Waals surface area (Å²) >= 11 is 0. The van der Waals surface area contributed by atoms with Gasteiger partial charge in [0.25, 0.3) is 0 Å². The number of rotatable bonds is 21. The van der Waals surface area contributed by atoms with Crippen molar-refractivity contribution in [1.29, 1.82) is 0 Å². The van der Waals surface area contributed by atoms with Crippen LogP contribution in [-0.4, -0.2) is 24.1 Å². The van der Waals surface area contributed by atoms with E-state index in [9.17, 15) is 14.7 Å². The number of ether oxygens (including phenoxy) is 1. The molecule has 5 nitrogen and oxygen atoms in total. The highest BCUT2D eigenvalue weighted by Crippen LogP contribution is 2.20. The first-order valence-electron chi connectivity index (χ1n) is 13.7. The lowest BCUT2D eigenvalue weighted by Crippen LogP contribution is -2.23. The molecular formula is C29H49NO4. The van der Waals surface area contributed by atoms with Crippen LogP contribution in [0.25, 0.3) is 0 Å². The van der Waals surface area contributed by atoms with Gasteiger partial charge < -0.3 is 15.2 Å². The summed E-state index contributed by atoms with van der Waals surface area (Å²) in [5, 5.41) is 12.3. The molecule has 1 aromatic carbocycles. The first-order valence-corrected chi connectivity index (χ1v) is 13.7. The van der Waals surface area contributed by atoms with E-state index in [1.165, 1.54) is 103 Å². The van der Waals surface area contributed by atoms with E-state index in [0.29, 0.717) is 12.1 Å². The number of benzene rings is 1. The summed E-state index contributed by atoms with van der Waals surface area (Å²) in [6.07, 6.45) is 21.7. The molecule has 34 heavy (non-hydrogen) atoms. The molecule has 0 bridgehead atoms. The van der Waals surface area contributed by atoms with Crippen LogP contribution in [0.5, 0.6) is 5.75 Å². The number of methoxy groups -OCH3 is 1. The third-order valence-electron chi connectivity index (χ3n) is 6.50. The van der Waals surface area contributed by atoms with Gasteiger partial charge >= 0.3 is 5.97 Å². The molecule has 0 saturated heterocycles. The van der Waals surface area contributed by atoms with Gasteiger partial charge in [0.1, 0.15) is 5.75 Å². The molecule has 0 aliphatic heterocycles. The molecule has 1 rings (SSSR count). The normalized spacial score (nSPS) is 11.8. The Hall–Kier alpha value is -2.04. The van der Waals surface area contributed by atoms with Crippen LogP contribution in [-0.2, 0) is 14.3 Å². The largest absolute Gasteiger partial charge is 0.508 e. The maximum Gasteiger partial charge on any atom is 0.309 e. The lowest BCUT2D eigenvalue weighted by molar-refractivity contribution is -0.147. The van der Waals surface area contributed by atoms with Crippen LogP contribution in [0.2, 0.25) is 0 Å². The molecule has 5 heteroatoms. The van der Waals surface area contributed by atoms with Gasteiger partial charge in [-0.05, 0) is 18.6 Å². The number of phenols is 1. The molecule has 1 amide bonds. The first-order chi connectivity index (χ1) is 16.6. The molecule has 0 aliphatic rings. The average molecular weight is 476 g/mol. The molecule has 1 unspecified atom stereocenters. The summed E-state index contributed by atoms with van der Waals surface area (Å²) < 4.78 is 4.90. The number of nitrogens with one attached hydrogen (secondary N) is 1. The van der Waals surface area contributed by atoms with E-state index in [4.69, 9.17) is 4.74 Å². The first kappa shape index (κ1) is 30.0. The molecule has 0 aliphatic carbocycles. The maximum absolute atomic E-state index is 12.3. The van der Waals surface area contributed by atoms with Crippen LogP contribution in [0, 0.1) is 5.92 Å². The zero-order chi connectivity index (χ0) is 24.9. The van der Waals surface area contributed by atoms with E-state index in [2.05, 4.69) is 12.2 Å². The highest BCUT2D eigenvalue weighted by Gasteiger charge is 2.22. The SMILES string of the molecule is CCCCCCCCCCCCCCCCCCC(CC(=O)Nc1cccc(O)c1)C(=O)OC. The van der Waals surface area contributed by atoms with Gasteiger partial charge in [0.2, 0.25) is 5.91 Å². The van der Waals surface area contributed by atoms with Crippen LogP contribution in [0.15, 0.2) is 24.3 Å². The predicted molar refractivity (Wildman–Crippen MR) is 141 cm³/mol. The molecule has 1 aromatic rings. The third kappa shape index (κ3) is 15.7. The number of amides is 1. The van der Waals surface area contributed by atoms with Crippen molar-refractivity contribution in [2.75, 3.05) is 12.4 Å². The second-order valence-electron chi connectivity index (χ2n) is 9.61. The lowest BCUT2D eigenvalue weighted by atomic mass is 9.96. The maximum atomic E-state index is 12.3. The van der Waals surface area contributed by atoms with Crippen LogP contribution in [0.4, 0.5) is 5.69 Å². The Balaban J connectivity index is 2.05. The van der Waals surface area contributed by atoms with E-state index in [0.717, 1.165) is 12.8 Å².